The Morgan fingerprint density at radius 2 is 2.11 bits per heavy atom. The lowest BCUT2D eigenvalue weighted by Crippen LogP contribution is -2.05. The summed E-state index contributed by atoms with van der Waals surface area (Å²) in [6.45, 7) is 2.67. The van der Waals surface area contributed by atoms with Crippen molar-refractivity contribution in [3.05, 3.63) is 28.3 Å². The normalized spacial score (nSPS) is 11.9. The fraction of sp³-hybridized carbons (Fsp3) is 0.538. The number of rotatable bonds is 8. The number of benzene rings is 1. The van der Waals surface area contributed by atoms with E-state index in [0.717, 1.165) is 18.2 Å². The molecule has 0 bridgehead atoms. The standard InChI is InChI=1S/C13H18BrNO4/c1-10(5-7-14)6-8-19-13-9-11(15(16)17)3-4-12(13)18-2/h3-4,9-10H,5-8H2,1-2H3. The largest absolute Gasteiger partial charge is 0.493 e. The van der Waals surface area contributed by atoms with Gasteiger partial charge in [-0.3, -0.25) is 10.1 Å². The lowest BCUT2D eigenvalue weighted by molar-refractivity contribution is -0.385. The molecule has 0 aliphatic rings. The summed E-state index contributed by atoms with van der Waals surface area (Å²) in [6, 6.07) is 4.35. The summed E-state index contributed by atoms with van der Waals surface area (Å²) in [7, 11) is 1.52. The lowest BCUT2D eigenvalue weighted by atomic mass is 10.1. The van der Waals surface area contributed by atoms with Crippen molar-refractivity contribution in [1.29, 1.82) is 0 Å². The molecule has 0 radical (unpaired) electrons. The van der Waals surface area contributed by atoms with E-state index in [1.165, 1.54) is 19.2 Å². The first kappa shape index (κ1) is 15.8. The average Bonchev–Trinajstić information content (AvgIpc) is 2.38. The zero-order valence-electron chi connectivity index (χ0n) is 11.1. The van der Waals surface area contributed by atoms with Crippen LogP contribution in [0.4, 0.5) is 5.69 Å². The zero-order chi connectivity index (χ0) is 14.3. The molecule has 5 nitrogen and oxygen atoms in total. The van der Waals surface area contributed by atoms with E-state index < -0.39 is 4.92 Å². The van der Waals surface area contributed by atoms with Crippen LogP contribution in [0.2, 0.25) is 0 Å². The van der Waals surface area contributed by atoms with Gasteiger partial charge in [0.2, 0.25) is 0 Å². The molecule has 6 heteroatoms. The molecule has 1 aromatic rings. The molecule has 0 N–H and O–H groups in total. The van der Waals surface area contributed by atoms with Gasteiger partial charge in [-0.25, -0.2) is 0 Å². The van der Waals surface area contributed by atoms with E-state index in [4.69, 9.17) is 9.47 Å². The van der Waals surface area contributed by atoms with Crippen LogP contribution in [-0.4, -0.2) is 24.0 Å². The average molecular weight is 332 g/mol. The second-order valence-corrected chi connectivity index (χ2v) is 5.11. The minimum Gasteiger partial charge on any atom is -0.493 e. The number of nitro benzene ring substituents is 1. The topological polar surface area (TPSA) is 61.6 Å². The summed E-state index contributed by atoms with van der Waals surface area (Å²) in [4.78, 5) is 10.3. The molecule has 1 unspecified atom stereocenters. The van der Waals surface area contributed by atoms with E-state index in [-0.39, 0.29) is 5.69 Å². The molecule has 19 heavy (non-hydrogen) atoms. The van der Waals surface area contributed by atoms with E-state index in [2.05, 4.69) is 22.9 Å². The van der Waals surface area contributed by atoms with E-state index >= 15 is 0 Å². The van der Waals surface area contributed by atoms with Crippen LogP contribution in [0.5, 0.6) is 11.5 Å². The molecule has 0 aliphatic heterocycles. The Balaban J connectivity index is 2.65. The highest BCUT2D eigenvalue weighted by Crippen LogP contribution is 2.31. The first-order valence-electron chi connectivity index (χ1n) is 6.09. The van der Waals surface area contributed by atoms with Gasteiger partial charge in [0.1, 0.15) is 0 Å². The number of halogens is 1. The van der Waals surface area contributed by atoms with Gasteiger partial charge in [0.25, 0.3) is 5.69 Å². The molecule has 1 aromatic carbocycles. The summed E-state index contributed by atoms with van der Waals surface area (Å²) >= 11 is 3.40. The number of hydrogen-bond donors (Lipinski definition) is 0. The van der Waals surface area contributed by atoms with E-state index in [1.807, 2.05) is 0 Å². The highest BCUT2D eigenvalue weighted by Gasteiger charge is 2.12. The van der Waals surface area contributed by atoms with Gasteiger partial charge in [0.05, 0.1) is 24.7 Å². The van der Waals surface area contributed by atoms with E-state index in [0.29, 0.717) is 24.0 Å². The summed E-state index contributed by atoms with van der Waals surface area (Å²) in [5.41, 5.74) is 0.00399. The molecule has 0 fully saturated rings. The van der Waals surface area contributed by atoms with Crippen LogP contribution in [0, 0.1) is 16.0 Å². The third kappa shape index (κ3) is 5.06. The second-order valence-electron chi connectivity index (χ2n) is 4.31. The van der Waals surface area contributed by atoms with Crippen molar-refractivity contribution >= 4 is 21.6 Å². The number of hydrogen-bond acceptors (Lipinski definition) is 4. The van der Waals surface area contributed by atoms with Crippen molar-refractivity contribution in [1.82, 2.24) is 0 Å². The van der Waals surface area contributed by atoms with Gasteiger partial charge in [-0.1, -0.05) is 22.9 Å². The molecule has 1 atom stereocenters. The van der Waals surface area contributed by atoms with E-state index in [1.54, 1.807) is 6.07 Å². The number of ether oxygens (including phenoxy) is 2. The van der Waals surface area contributed by atoms with Gasteiger partial charge in [-0.2, -0.15) is 0 Å². The fourth-order valence-corrected chi connectivity index (χ4v) is 2.37. The van der Waals surface area contributed by atoms with Crippen molar-refractivity contribution in [2.45, 2.75) is 19.8 Å². The zero-order valence-corrected chi connectivity index (χ0v) is 12.7. The van der Waals surface area contributed by atoms with Crippen molar-refractivity contribution in [2.24, 2.45) is 5.92 Å². The molecule has 0 saturated heterocycles. The van der Waals surface area contributed by atoms with Crippen molar-refractivity contribution in [3.8, 4) is 11.5 Å². The molecule has 106 valence electrons. The summed E-state index contributed by atoms with van der Waals surface area (Å²) in [5, 5.41) is 11.7. The van der Waals surface area contributed by atoms with Gasteiger partial charge in [0.15, 0.2) is 11.5 Å². The van der Waals surface area contributed by atoms with Crippen molar-refractivity contribution < 1.29 is 14.4 Å². The number of non-ortho nitro benzene ring substituents is 1. The minimum atomic E-state index is -0.445. The Kier molecular flexibility index (Phi) is 6.62. The van der Waals surface area contributed by atoms with Crippen LogP contribution < -0.4 is 9.47 Å². The summed E-state index contributed by atoms with van der Waals surface area (Å²) < 4.78 is 10.7. The fourth-order valence-electron chi connectivity index (χ4n) is 1.59. The highest BCUT2D eigenvalue weighted by molar-refractivity contribution is 9.09. The highest BCUT2D eigenvalue weighted by atomic mass is 79.9. The predicted molar refractivity (Wildman–Crippen MR) is 77.3 cm³/mol. The van der Waals surface area contributed by atoms with Crippen molar-refractivity contribution in [2.75, 3.05) is 19.0 Å². The van der Waals surface area contributed by atoms with Gasteiger partial charge < -0.3 is 9.47 Å². The molecule has 0 aliphatic carbocycles. The molecule has 0 amide bonds. The van der Waals surface area contributed by atoms with Crippen LogP contribution in [0.15, 0.2) is 18.2 Å². The Labute approximate surface area is 121 Å². The number of nitrogens with zero attached hydrogens (tertiary/aromatic N) is 1. The SMILES string of the molecule is COc1ccc([N+](=O)[O-])cc1OCCC(C)CCBr. The predicted octanol–water partition coefficient (Wildman–Crippen LogP) is 3.79. The lowest BCUT2D eigenvalue weighted by Gasteiger charge is -2.13. The van der Waals surface area contributed by atoms with Crippen LogP contribution >= 0.6 is 15.9 Å². The maximum Gasteiger partial charge on any atom is 0.273 e. The number of alkyl halides is 1. The first-order valence-corrected chi connectivity index (χ1v) is 7.21. The third-order valence-corrected chi connectivity index (χ3v) is 3.29. The molecule has 1 rings (SSSR count). The molecular weight excluding hydrogens is 314 g/mol. The maximum absolute atomic E-state index is 10.7. The smallest absolute Gasteiger partial charge is 0.273 e. The van der Waals surface area contributed by atoms with Crippen molar-refractivity contribution in [3.63, 3.8) is 0 Å². The third-order valence-electron chi connectivity index (χ3n) is 2.83. The Morgan fingerprint density at radius 3 is 2.68 bits per heavy atom. The van der Waals surface area contributed by atoms with Crippen LogP contribution in [-0.2, 0) is 0 Å². The Bertz CT molecular complexity index is 425. The monoisotopic (exact) mass is 331 g/mol. The summed E-state index contributed by atoms with van der Waals surface area (Å²) in [6.07, 6.45) is 1.98. The first-order chi connectivity index (χ1) is 9.08. The second kappa shape index (κ2) is 7.99. The molecule has 0 heterocycles. The van der Waals surface area contributed by atoms with Gasteiger partial charge in [0, 0.05) is 11.4 Å². The maximum atomic E-state index is 10.7. The molecule has 0 aromatic heterocycles. The Morgan fingerprint density at radius 1 is 1.37 bits per heavy atom. The summed E-state index contributed by atoms with van der Waals surface area (Å²) in [5.74, 6) is 1.48. The van der Waals surface area contributed by atoms with Gasteiger partial charge in [-0.05, 0) is 24.8 Å². The molecular formula is C13H18BrNO4. The van der Waals surface area contributed by atoms with E-state index in [9.17, 15) is 10.1 Å². The molecule has 0 saturated carbocycles. The van der Waals surface area contributed by atoms with Gasteiger partial charge in [-0.15, -0.1) is 0 Å². The number of methoxy groups -OCH3 is 1. The van der Waals surface area contributed by atoms with Crippen LogP contribution in [0.3, 0.4) is 0 Å². The quantitative estimate of drug-likeness (QED) is 0.413. The molecule has 0 spiro atoms. The Hall–Kier alpha value is -1.30. The van der Waals surface area contributed by atoms with Crippen LogP contribution in [0.1, 0.15) is 19.8 Å². The minimum absolute atomic E-state index is 0.00399. The van der Waals surface area contributed by atoms with Gasteiger partial charge >= 0.3 is 0 Å². The number of nitro groups is 1. The van der Waals surface area contributed by atoms with Crippen LogP contribution in [0.25, 0.3) is 0 Å².